The SMILES string of the molecule is Nc1cccc2c1CCCN2C(=O)C1CC1c1ccc2ccccc2c1. The molecule has 1 saturated carbocycles. The van der Waals surface area contributed by atoms with E-state index in [0.29, 0.717) is 5.92 Å². The van der Waals surface area contributed by atoms with E-state index in [1.165, 1.54) is 16.3 Å². The quantitative estimate of drug-likeness (QED) is 0.697. The van der Waals surface area contributed by atoms with E-state index in [-0.39, 0.29) is 11.8 Å². The van der Waals surface area contributed by atoms with Crippen LogP contribution in [0.3, 0.4) is 0 Å². The van der Waals surface area contributed by atoms with Gasteiger partial charge in [0.15, 0.2) is 0 Å². The molecule has 2 unspecified atom stereocenters. The van der Waals surface area contributed by atoms with Crippen molar-refractivity contribution < 1.29 is 4.79 Å². The molecule has 2 aliphatic rings. The van der Waals surface area contributed by atoms with Crippen molar-refractivity contribution in [2.24, 2.45) is 5.92 Å². The number of hydrogen-bond donors (Lipinski definition) is 1. The molecular formula is C23H22N2O. The van der Waals surface area contributed by atoms with Gasteiger partial charge in [0.05, 0.1) is 0 Å². The zero-order valence-corrected chi connectivity index (χ0v) is 14.7. The van der Waals surface area contributed by atoms with Crippen LogP contribution >= 0.6 is 0 Å². The first-order chi connectivity index (χ1) is 12.7. The highest BCUT2D eigenvalue weighted by Crippen LogP contribution is 2.50. The molecule has 5 rings (SSSR count). The van der Waals surface area contributed by atoms with Crippen LogP contribution < -0.4 is 10.6 Å². The molecule has 3 heteroatoms. The van der Waals surface area contributed by atoms with Gasteiger partial charge in [-0.15, -0.1) is 0 Å². The number of amides is 1. The van der Waals surface area contributed by atoms with Gasteiger partial charge in [-0.3, -0.25) is 4.79 Å². The van der Waals surface area contributed by atoms with Crippen LogP contribution in [-0.2, 0) is 11.2 Å². The zero-order chi connectivity index (χ0) is 17.7. The molecule has 3 nitrogen and oxygen atoms in total. The summed E-state index contributed by atoms with van der Waals surface area (Å²) in [5.41, 5.74) is 10.4. The lowest BCUT2D eigenvalue weighted by molar-refractivity contribution is -0.120. The van der Waals surface area contributed by atoms with E-state index in [0.717, 1.165) is 42.7 Å². The van der Waals surface area contributed by atoms with Crippen LogP contribution in [-0.4, -0.2) is 12.5 Å². The minimum atomic E-state index is 0.101. The van der Waals surface area contributed by atoms with E-state index in [1.54, 1.807) is 0 Å². The molecule has 1 aliphatic heterocycles. The molecule has 0 bridgehead atoms. The molecule has 0 aromatic heterocycles. The molecule has 2 atom stereocenters. The molecule has 0 radical (unpaired) electrons. The van der Waals surface area contributed by atoms with Crippen LogP contribution in [0.25, 0.3) is 10.8 Å². The number of carbonyl (C=O) groups excluding carboxylic acids is 1. The van der Waals surface area contributed by atoms with Crippen molar-refractivity contribution >= 4 is 28.1 Å². The molecule has 1 aliphatic carbocycles. The summed E-state index contributed by atoms with van der Waals surface area (Å²) in [5.74, 6) is 0.705. The van der Waals surface area contributed by atoms with Crippen molar-refractivity contribution in [1.82, 2.24) is 0 Å². The van der Waals surface area contributed by atoms with Crippen molar-refractivity contribution in [2.75, 3.05) is 17.2 Å². The summed E-state index contributed by atoms with van der Waals surface area (Å²) in [6, 6.07) is 20.9. The second-order valence-corrected chi connectivity index (χ2v) is 7.49. The number of nitrogens with two attached hydrogens (primary N) is 1. The first-order valence-corrected chi connectivity index (χ1v) is 9.40. The van der Waals surface area contributed by atoms with Crippen molar-refractivity contribution in [2.45, 2.75) is 25.2 Å². The molecule has 0 saturated heterocycles. The van der Waals surface area contributed by atoms with E-state index in [1.807, 2.05) is 23.1 Å². The number of fused-ring (bicyclic) bond motifs is 2. The van der Waals surface area contributed by atoms with Crippen molar-refractivity contribution in [3.63, 3.8) is 0 Å². The third kappa shape index (κ3) is 2.47. The number of rotatable bonds is 2. The van der Waals surface area contributed by atoms with Crippen LogP contribution in [0.4, 0.5) is 11.4 Å². The Hall–Kier alpha value is -2.81. The van der Waals surface area contributed by atoms with Crippen molar-refractivity contribution in [1.29, 1.82) is 0 Å². The van der Waals surface area contributed by atoms with Gasteiger partial charge in [-0.05, 0) is 59.2 Å². The van der Waals surface area contributed by atoms with Crippen molar-refractivity contribution in [3.05, 3.63) is 71.8 Å². The van der Waals surface area contributed by atoms with Gasteiger partial charge in [-0.1, -0.05) is 48.5 Å². The summed E-state index contributed by atoms with van der Waals surface area (Å²) >= 11 is 0. The summed E-state index contributed by atoms with van der Waals surface area (Å²) in [5, 5.41) is 2.50. The van der Waals surface area contributed by atoms with Gasteiger partial charge in [0.25, 0.3) is 0 Å². The normalized spacial score (nSPS) is 21.5. The van der Waals surface area contributed by atoms with E-state index >= 15 is 0 Å². The molecule has 3 aromatic rings. The Morgan fingerprint density at radius 3 is 2.73 bits per heavy atom. The van der Waals surface area contributed by atoms with Crippen LogP contribution in [0.5, 0.6) is 0 Å². The topological polar surface area (TPSA) is 46.3 Å². The fourth-order valence-corrected chi connectivity index (χ4v) is 4.36. The van der Waals surface area contributed by atoms with Gasteiger partial charge in [0, 0.05) is 23.8 Å². The lowest BCUT2D eigenvalue weighted by Gasteiger charge is -2.30. The number of anilines is 2. The zero-order valence-electron chi connectivity index (χ0n) is 14.7. The van der Waals surface area contributed by atoms with Gasteiger partial charge < -0.3 is 10.6 Å². The Bertz CT molecular complexity index is 1010. The summed E-state index contributed by atoms with van der Waals surface area (Å²) in [6.07, 6.45) is 2.90. The van der Waals surface area contributed by atoms with Crippen LogP contribution in [0.15, 0.2) is 60.7 Å². The Morgan fingerprint density at radius 2 is 1.85 bits per heavy atom. The molecule has 3 aromatic carbocycles. The molecule has 0 spiro atoms. The lowest BCUT2D eigenvalue weighted by Crippen LogP contribution is -2.37. The van der Waals surface area contributed by atoms with Crippen LogP contribution in [0.1, 0.15) is 29.9 Å². The third-order valence-electron chi connectivity index (χ3n) is 5.86. The minimum Gasteiger partial charge on any atom is -0.398 e. The largest absolute Gasteiger partial charge is 0.398 e. The number of nitrogen functional groups attached to an aromatic ring is 1. The predicted molar refractivity (Wildman–Crippen MR) is 106 cm³/mol. The molecule has 26 heavy (non-hydrogen) atoms. The van der Waals surface area contributed by atoms with Gasteiger partial charge in [0.2, 0.25) is 5.91 Å². The average Bonchev–Trinajstić information content (AvgIpc) is 3.48. The van der Waals surface area contributed by atoms with Crippen LogP contribution in [0, 0.1) is 5.92 Å². The number of hydrogen-bond acceptors (Lipinski definition) is 2. The van der Waals surface area contributed by atoms with E-state index < -0.39 is 0 Å². The Morgan fingerprint density at radius 1 is 1.00 bits per heavy atom. The van der Waals surface area contributed by atoms with Gasteiger partial charge in [0.1, 0.15) is 0 Å². The highest BCUT2D eigenvalue weighted by molar-refractivity contribution is 5.99. The van der Waals surface area contributed by atoms with E-state index in [4.69, 9.17) is 5.73 Å². The second-order valence-electron chi connectivity index (χ2n) is 7.49. The first-order valence-electron chi connectivity index (χ1n) is 9.40. The molecule has 130 valence electrons. The number of carbonyl (C=O) groups is 1. The maximum atomic E-state index is 13.2. The molecule has 2 N–H and O–H groups in total. The number of benzene rings is 3. The first kappa shape index (κ1) is 15.4. The van der Waals surface area contributed by atoms with E-state index in [2.05, 4.69) is 42.5 Å². The second kappa shape index (κ2) is 5.87. The Kier molecular flexibility index (Phi) is 3.49. The Balaban J connectivity index is 1.40. The van der Waals surface area contributed by atoms with Crippen LogP contribution in [0.2, 0.25) is 0 Å². The minimum absolute atomic E-state index is 0.101. The lowest BCUT2D eigenvalue weighted by atomic mass is 9.98. The highest BCUT2D eigenvalue weighted by Gasteiger charge is 2.46. The van der Waals surface area contributed by atoms with Crippen molar-refractivity contribution in [3.8, 4) is 0 Å². The highest BCUT2D eigenvalue weighted by atomic mass is 16.2. The van der Waals surface area contributed by atoms with Gasteiger partial charge in [-0.2, -0.15) is 0 Å². The fraction of sp³-hybridized carbons (Fsp3) is 0.261. The number of nitrogens with zero attached hydrogens (tertiary/aromatic N) is 1. The Labute approximate surface area is 153 Å². The monoisotopic (exact) mass is 342 g/mol. The molecule has 1 heterocycles. The average molecular weight is 342 g/mol. The van der Waals surface area contributed by atoms with E-state index in [9.17, 15) is 4.79 Å². The summed E-state index contributed by atoms with van der Waals surface area (Å²) in [4.78, 5) is 15.1. The smallest absolute Gasteiger partial charge is 0.230 e. The molecular weight excluding hydrogens is 320 g/mol. The standard InChI is InChI=1S/C23H22N2O/c24-21-8-3-9-22-18(21)7-4-12-25(22)23(26)20-14-19(20)17-11-10-15-5-1-2-6-16(15)13-17/h1-3,5-6,8-11,13,19-20H,4,7,12,14,24H2. The predicted octanol–water partition coefficient (Wildman–Crippen LogP) is 4.50. The summed E-state index contributed by atoms with van der Waals surface area (Å²) < 4.78 is 0. The maximum Gasteiger partial charge on any atom is 0.230 e. The fourth-order valence-electron chi connectivity index (χ4n) is 4.36. The molecule has 1 amide bonds. The van der Waals surface area contributed by atoms with Gasteiger partial charge in [-0.25, -0.2) is 0 Å². The third-order valence-corrected chi connectivity index (χ3v) is 5.86. The van der Waals surface area contributed by atoms with Gasteiger partial charge >= 0.3 is 0 Å². The summed E-state index contributed by atoms with van der Waals surface area (Å²) in [6.45, 7) is 0.802. The molecule has 1 fully saturated rings. The summed E-state index contributed by atoms with van der Waals surface area (Å²) in [7, 11) is 0. The maximum absolute atomic E-state index is 13.2.